The molecule has 7 nitrogen and oxygen atoms in total. The Morgan fingerprint density at radius 1 is 1.13 bits per heavy atom. The number of hydrogen-bond donors (Lipinski definition) is 1. The van der Waals surface area contributed by atoms with Gasteiger partial charge in [-0.1, -0.05) is 47.6 Å². The van der Waals surface area contributed by atoms with Crippen molar-refractivity contribution in [2.75, 3.05) is 40.0 Å². The van der Waals surface area contributed by atoms with Crippen molar-refractivity contribution in [1.29, 1.82) is 0 Å². The highest BCUT2D eigenvalue weighted by molar-refractivity contribution is 6.00. The predicted octanol–water partition coefficient (Wildman–Crippen LogP) is 3.46. The summed E-state index contributed by atoms with van der Waals surface area (Å²) in [5.41, 5.74) is 3.00. The summed E-state index contributed by atoms with van der Waals surface area (Å²) < 4.78 is 16.2. The molecule has 0 aliphatic carbocycles. The smallest absolute Gasteiger partial charge is 0.257 e. The van der Waals surface area contributed by atoms with Gasteiger partial charge in [0.05, 0.1) is 26.4 Å². The summed E-state index contributed by atoms with van der Waals surface area (Å²) >= 11 is 0. The lowest BCUT2D eigenvalue weighted by molar-refractivity contribution is 0.0162. The minimum atomic E-state index is -0.190. The summed E-state index contributed by atoms with van der Waals surface area (Å²) in [4.78, 5) is 15.5. The maximum Gasteiger partial charge on any atom is 0.257 e. The Bertz CT molecular complexity index is 995. The SMILES string of the molecule is COc1ccc(C(CNC(=O)c2c(-c3ccccc3)noc2C)N2CCOCC2)cc1. The number of methoxy groups -OCH3 is 1. The number of ether oxygens (including phenoxy) is 2. The first kappa shape index (κ1) is 21.1. The zero-order valence-electron chi connectivity index (χ0n) is 17.8. The first-order chi connectivity index (χ1) is 15.2. The molecule has 3 aromatic rings. The van der Waals surface area contributed by atoms with E-state index in [4.69, 9.17) is 14.0 Å². The molecule has 2 aromatic carbocycles. The number of aryl methyl sites for hydroxylation is 1. The summed E-state index contributed by atoms with van der Waals surface area (Å²) in [6, 6.07) is 17.6. The monoisotopic (exact) mass is 421 g/mol. The summed E-state index contributed by atoms with van der Waals surface area (Å²) in [6.07, 6.45) is 0. The van der Waals surface area contributed by atoms with Gasteiger partial charge in [-0.25, -0.2) is 0 Å². The molecule has 1 unspecified atom stereocenters. The van der Waals surface area contributed by atoms with Gasteiger partial charge in [0.2, 0.25) is 0 Å². The molecule has 0 spiro atoms. The minimum Gasteiger partial charge on any atom is -0.497 e. The Morgan fingerprint density at radius 2 is 1.84 bits per heavy atom. The van der Waals surface area contributed by atoms with Crippen LogP contribution in [0.5, 0.6) is 5.75 Å². The van der Waals surface area contributed by atoms with Crippen LogP contribution in [0.3, 0.4) is 0 Å². The molecular weight excluding hydrogens is 394 g/mol. The van der Waals surface area contributed by atoms with Gasteiger partial charge in [0, 0.05) is 25.2 Å². The summed E-state index contributed by atoms with van der Waals surface area (Å²) in [6.45, 7) is 5.22. The Labute approximate surface area is 181 Å². The van der Waals surface area contributed by atoms with E-state index in [1.165, 1.54) is 0 Å². The molecule has 1 amide bonds. The van der Waals surface area contributed by atoms with Crippen LogP contribution >= 0.6 is 0 Å². The maximum atomic E-state index is 13.2. The van der Waals surface area contributed by atoms with Gasteiger partial charge in [0.15, 0.2) is 0 Å². The van der Waals surface area contributed by atoms with Crippen LogP contribution in [0.4, 0.5) is 0 Å². The van der Waals surface area contributed by atoms with E-state index in [1.807, 2.05) is 54.6 Å². The lowest BCUT2D eigenvalue weighted by Crippen LogP contribution is -2.43. The number of rotatable bonds is 7. The lowest BCUT2D eigenvalue weighted by atomic mass is 10.0. The van der Waals surface area contributed by atoms with E-state index in [1.54, 1.807) is 14.0 Å². The van der Waals surface area contributed by atoms with Crippen LogP contribution in [0, 0.1) is 6.92 Å². The molecule has 2 heterocycles. The summed E-state index contributed by atoms with van der Waals surface area (Å²) in [5, 5.41) is 7.23. The van der Waals surface area contributed by atoms with Gasteiger partial charge in [-0.15, -0.1) is 0 Å². The van der Waals surface area contributed by atoms with Crippen molar-refractivity contribution < 1.29 is 18.8 Å². The fourth-order valence-corrected chi connectivity index (χ4v) is 3.88. The molecule has 1 N–H and O–H groups in total. The first-order valence-electron chi connectivity index (χ1n) is 10.4. The quantitative estimate of drug-likeness (QED) is 0.630. The fraction of sp³-hybridized carbons (Fsp3) is 0.333. The maximum absolute atomic E-state index is 13.2. The molecule has 1 fully saturated rings. The molecular formula is C24H27N3O4. The molecule has 1 aromatic heterocycles. The number of nitrogens with zero attached hydrogens (tertiary/aromatic N) is 2. The van der Waals surface area contributed by atoms with Crippen molar-refractivity contribution >= 4 is 5.91 Å². The Morgan fingerprint density at radius 3 is 2.52 bits per heavy atom. The van der Waals surface area contributed by atoms with Crippen molar-refractivity contribution in [3.63, 3.8) is 0 Å². The second kappa shape index (κ2) is 9.76. The van der Waals surface area contributed by atoms with E-state index in [0.717, 1.165) is 30.0 Å². The molecule has 0 bridgehead atoms. The molecule has 1 atom stereocenters. The Balaban J connectivity index is 1.54. The van der Waals surface area contributed by atoms with Gasteiger partial charge in [-0.05, 0) is 24.6 Å². The third-order valence-corrected chi connectivity index (χ3v) is 5.58. The van der Waals surface area contributed by atoms with Crippen LogP contribution in [-0.4, -0.2) is 55.9 Å². The number of aromatic nitrogens is 1. The topological polar surface area (TPSA) is 76.8 Å². The fourth-order valence-electron chi connectivity index (χ4n) is 3.88. The van der Waals surface area contributed by atoms with Crippen LogP contribution in [0.15, 0.2) is 59.1 Å². The largest absolute Gasteiger partial charge is 0.497 e. The minimum absolute atomic E-state index is 0.0269. The van der Waals surface area contributed by atoms with Crippen molar-refractivity contribution in [3.8, 4) is 17.0 Å². The predicted molar refractivity (Wildman–Crippen MR) is 117 cm³/mol. The number of amides is 1. The Hall–Kier alpha value is -3.16. The van der Waals surface area contributed by atoms with Gasteiger partial charge < -0.3 is 19.3 Å². The third kappa shape index (κ3) is 4.78. The highest BCUT2D eigenvalue weighted by Crippen LogP contribution is 2.26. The second-order valence-electron chi connectivity index (χ2n) is 7.48. The van der Waals surface area contributed by atoms with E-state index in [-0.39, 0.29) is 11.9 Å². The summed E-state index contributed by atoms with van der Waals surface area (Å²) in [5.74, 6) is 1.12. The van der Waals surface area contributed by atoms with Crippen LogP contribution in [0.25, 0.3) is 11.3 Å². The van der Waals surface area contributed by atoms with Crippen molar-refractivity contribution in [3.05, 3.63) is 71.5 Å². The molecule has 1 aliphatic rings. The standard InChI is InChI=1S/C24H27N3O4/c1-17-22(23(26-31-17)19-6-4-3-5-7-19)24(28)25-16-21(27-12-14-30-15-13-27)18-8-10-20(29-2)11-9-18/h3-11,21H,12-16H2,1-2H3,(H,25,28). The molecule has 31 heavy (non-hydrogen) atoms. The van der Waals surface area contributed by atoms with Crippen LogP contribution < -0.4 is 10.1 Å². The van der Waals surface area contributed by atoms with Crippen molar-refractivity contribution in [2.24, 2.45) is 0 Å². The first-order valence-corrected chi connectivity index (χ1v) is 10.4. The van der Waals surface area contributed by atoms with E-state index >= 15 is 0 Å². The molecule has 1 aliphatic heterocycles. The zero-order valence-corrected chi connectivity index (χ0v) is 17.8. The van der Waals surface area contributed by atoms with Crippen LogP contribution in [0.1, 0.15) is 27.7 Å². The number of morpholine rings is 1. The molecule has 1 saturated heterocycles. The average Bonchev–Trinajstić information content (AvgIpc) is 3.22. The van der Waals surface area contributed by atoms with E-state index in [0.29, 0.717) is 36.8 Å². The van der Waals surface area contributed by atoms with E-state index < -0.39 is 0 Å². The number of carbonyl (C=O) groups is 1. The molecule has 0 radical (unpaired) electrons. The highest BCUT2D eigenvalue weighted by atomic mass is 16.5. The van der Waals surface area contributed by atoms with Crippen molar-refractivity contribution in [2.45, 2.75) is 13.0 Å². The van der Waals surface area contributed by atoms with Crippen LogP contribution in [0.2, 0.25) is 0 Å². The number of nitrogens with one attached hydrogen (secondary N) is 1. The van der Waals surface area contributed by atoms with Gasteiger partial charge >= 0.3 is 0 Å². The third-order valence-electron chi connectivity index (χ3n) is 5.58. The zero-order chi connectivity index (χ0) is 21.6. The van der Waals surface area contributed by atoms with Crippen molar-refractivity contribution in [1.82, 2.24) is 15.4 Å². The molecule has 7 heteroatoms. The van der Waals surface area contributed by atoms with Gasteiger partial charge in [0.25, 0.3) is 5.91 Å². The van der Waals surface area contributed by atoms with Gasteiger partial charge in [-0.2, -0.15) is 0 Å². The highest BCUT2D eigenvalue weighted by Gasteiger charge is 2.26. The number of hydrogen-bond acceptors (Lipinski definition) is 6. The Kier molecular flexibility index (Phi) is 6.64. The number of carbonyl (C=O) groups excluding carboxylic acids is 1. The van der Waals surface area contributed by atoms with Gasteiger partial charge in [-0.3, -0.25) is 9.69 Å². The number of benzene rings is 2. The second-order valence-corrected chi connectivity index (χ2v) is 7.48. The van der Waals surface area contributed by atoms with Gasteiger partial charge in [0.1, 0.15) is 22.8 Å². The van der Waals surface area contributed by atoms with Crippen LogP contribution in [-0.2, 0) is 4.74 Å². The average molecular weight is 421 g/mol. The van der Waals surface area contributed by atoms with E-state index in [9.17, 15) is 4.79 Å². The molecule has 0 saturated carbocycles. The molecule has 162 valence electrons. The van der Waals surface area contributed by atoms with E-state index in [2.05, 4.69) is 15.4 Å². The summed E-state index contributed by atoms with van der Waals surface area (Å²) in [7, 11) is 1.65. The normalized spacial score (nSPS) is 15.4. The molecule has 4 rings (SSSR count). The lowest BCUT2D eigenvalue weighted by Gasteiger charge is -2.35.